The summed E-state index contributed by atoms with van der Waals surface area (Å²) in [6.07, 6.45) is 7.46. The summed E-state index contributed by atoms with van der Waals surface area (Å²) in [7, 11) is 0. The maximum Gasteiger partial charge on any atom is 0.124 e. The maximum atomic E-state index is 9.04. The minimum Gasteiger partial charge on any atom is -0.493 e. The van der Waals surface area contributed by atoms with Crippen LogP contribution in [0, 0.1) is 23.2 Å². The molecule has 2 aliphatic heterocycles. The number of nitrogens with one attached hydrogen (secondary N) is 1. The fourth-order valence-electron chi connectivity index (χ4n) is 5.18. The van der Waals surface area contributed by atoms with E-state index in [9.17, 15) is 0 Å². The number of thiophene rings is 1. The Balaban J connectivity index is 1.14. The van der Waals surface area contributed by atoms with Gasteiger partial charge in [-0.25, -0.2) is 0 Å². The molecule has 0 spiro atoms. The van der Waals surface area contributed by atoms with Crippen molar-refractivity contribution in [3.05, 3.63) is 50.7 Å². The van der Waals surface area contributed by atoms with Crippen LogP contribution in [-0.2, 0) is 19.6 Å². The lowest BCUT2D eigenvalue weighted by molar-refractivity contribution is 0.175. The third-order valence-electron chi connectivity index (χ3n) is 7.50. The molecule has 0 atom stereocenters. The van der Waals surface area contributed by atoms with E-state index in [0.29, 0.717) is 0 Å². The summed E-state index contributed by atoms with van der Waals surface area (Å²) in [5.41, 5.74) is 5.36. The Labute approximate surface area is 207 Å². The van der Waals surface area contributed by atoms with E-state index in [-0.39, 0.29) is 0 Å². The standard InChI is InChI=1S/C28H36N4OS/c1-2-30-16-26-25-17-31-27(24(25)8-10-28(26)33-19-21-3-4-21)9-5-20-11-13-32(14-12-20)18-23-7-6-22(15-29)34-23/h6-8,10,20-21,30H,2-5,9,11-14,16-19H2,1H3. The summed E-state index contributed by atoms with van der Waals surface area (Å²) in [5.74, 6) is 2.60. The SMILES string of the molecule is CCNCc1c(OCC2CC2)ccc2c1CN=C2CCC1CCN(Cc2ccc(C#N)s2)CC1. The fraction of sp³-hybridized carbons (Fsp3) is 0.571. The lowest BCUT2D eigenvalue weighted by atomic mass is 9.89. The van der Waals surface area contributed by atoms with Gasteiger partial charge >= 0.3 is 0 Å². The Morgan fingerprint density at radius 3 is 2.74 bits per heavy atom. The van der Waals surface area contributed by atoms with E-state index in [4.69, 9.17) is 15.0 Å². The Kier molecular flexibility index (Phi) is 7.63. The highest BCUT2D eigenvalue weighted by atomic mass is 32.1. The number of nitrogens with zero attached hydrogens (tertiary/aromatic N) is 3. The number of ether oxygens (including phenoxy) is 1. The molecule has 3 heterocycles. The van der Waals surface area contributed by atoms with Gasteiger partial charge in [0.15, 0.2) is 0 Å². The number of rotatable bonds is 11. The zero-order valence-electron chi connectivity index (χ0n) is 20.3. The Hall–Kier alpha value is -2.20. The van der Waals surface area contributed by atoms with Gasteiger partial charge < -0.3 is 10.1 Å². The van der Waals surface area contributed by atoms with Gasteiger partial charge in [-0.15, -0.1) is 11.3 Å². The molecular weight excluding hydrogens is 440 g/mol. The number of aliphatic imine (C=N–C) groups is 1. The van der Waals surface area contributed by atoms with Crippen molar-refractivity contribution in [2.75, 3.05) is 26.2 Å². The molecule has 1 aromatic heterocycles. The molecule has 2 fully saturated rings. The van der Waals surface area contributed by atoms with E-state index < -0.39 is 0 Å². The van der Waals surface area contributed by atoms with Gasteiger partial charge in [-0.1, -0.05) is 6.92 Å². The van der Waals surface area contributed by atoms with Crippen molar-refractivity contribution in [3.8, 4) is 11.8 Å². The zero-order chi connectivity index (χ0) is 23.3. The monoisotopic (exact) mass is 476 g/mol. The Bertz CT molecular complexity index is 1060. The molecule has 1 N–H and O–H groups in total. The molecule has 1 saturated carbocycles. The quantitative estimate of drug-likeness (QED) is 0.464. The maximum absolute atomic E-state index is 9.04. The van der Waals surface area contributed by atoms with Crippen LogP contribution in [-0.4, -0.2) is 36.9 Å². The second-order valence-corrected chi connectivity index (χ2v) is 11.2. The van der Waals surface area contributed by atoms with E-state index in [0.717, 1.165) is 74.8 Å². The summed E-state index contributed by atoms with van der Waals surface area (Å²) in [5, 5.41) is 12.6. The molecule has 1 aliphatic carbocycles. The van der Waals surface area contributed by atoms with Gasteiger partial charge in [0.1, 0.15) is 16.7 Å². The molecule has 0 amide bonds. The lowest BCUT2D eigenvalue weighted by Crippen LogP contribution is -2.33. The van der Waals surface area contributed by atoms with E-state index in [1.165, 1.54) is 59.4 Å². The van der Waals surface area contributed by atoms with Crippen LogP contribution in [0.2, 0.25) is 0 Å². The van der Waals surface area contributed by atoms with Gasteiger partial charge in [0.25, 0.3) is 0 Å². The van der Waals surface area contributed by atoms with E-state index in [1.54, 1.807) is 11.3 Å². The molecule has 0 unspecified atom stereocenters. The first-order valence-corrected chi connectivity index (χ1v) is 13.8. The summed E-state index contributed by atoms with van der Waals surface area (Å²) in [4.78, 5) is 9.65. The topological polar surface area (TPSA) is 60.6 Å². The van der Waals surface area contributed by atoms with Crippen LogP contribution in [0.4, 0.5) is 0 Å². The number of nitriles is 1. The normalized spacial score (nSPS) is 18.5. The minimum atomic E-state index is 0.763. The molecule has 180 valence electrons. The summed E-state index contributed by atoms with van der Waals surface area (Å²) >= 11 is 1.63. The van der Waals surface area contributed by atoms with Crippen LogP contribution in [0.15, 0.2) is 29.3 Å². The fourth-order valence-corrected chi connectivity index (χ4v) is 6.03. The van der Waals surface area contributed by atoms with Crippen LogP contribution < -0.4 is 10.1 Å². The summed E-state index contributed by atoms with van der Waals surface area (Å²) in [6, 6.07) is 10.8. The molecule has 34 heavy (non-hydrogen) atoms. The smallest absolute Gasteiger partial charge is 0.124 e. The van der Waals surface area contributed by atoms with Gasteiger partial charge in [0.05, 0.1) is 13.2 Å². The minimum absolute atomic E-state index is 0.763. The van der Waals surface area contributed by atoms with Gasteiger partial charge in [0, 0.05) is 34.8 Å². The van der Waals surface area contributed by atoms with Crippen LogP contribution in [0.1, 0.15) is 71.9 Å². The van der Waals surface area contributed by atoms with Crippen molar-refractivity contribution in [2.24, 2.45) is 16.8 Å². The van der Waals surface area contributed by atoms with E-state index in [2.05, 4.69) is 41.4 Å². The molecule has 3 aliphatic rings. The van der Waals surface area contributed by atoms with Crippen molar-refractivity contribution in [1.29, 1.82) is 5.26 Å². The van der Waals surface area contributed by atoms with E-state index >= 15 is 0 Å². The Morgan fingerprint density at radius 1 is 1.15 bits per heavy atom. The van der Waals surface area contributed by atoms with Crippen LogP contribution in [0.5, 0.6) is 5.75 Å². The molecule has 6 heteroatoms. The van der Waals surface area contributed by atoms with Crippen LogP contribution in [0.3, 0.4) is 0 Å². The second-order valence-electron chi connectivity index (χ2n) is 10.0. The number of benzene rings is 1. The average Bonchev–Trinajstić information content (AvgIpc) is 3.43. The van der Waals surface area contributed by atoms with Gasteiger partial charge in [0.2, 0.25) is 0 Å². The Morgan fingerprint density at radius 2 is 2.00 bits per heavy atom. The molecule has 0 radical (unpaired) electrons. The number of hydrogen-bond acceptors (Lipinski definition) is 6. The van der Waals surface area contributed by atoms with Gasteiger partial charge in [-0.05, 0) is 99.8 Å². The van der Waals surface area contributed by atoms with Crippen LogP contribution in [0.25, 0.3) is 0 Å². The highest BCUT2D eigenvalue weighted by molar-refractivity contribution is 7.12. The third kappa shape index (κ3) is 5.71. The second kappa shape index (κ2) is 11.0. The van der Waals surface area contributed by atoms with Crippen LogP contribution >= 0.6 is 11.3 Å². The first-order valence-electron chi connectivity index (χ1n) is 13.0. The molecule has 5 rings (SSSR count). The van der Waals surface area contributed by atoms with Gasteiger partial charge in [-0.3, -0.25) is 9.89 Å². The molecule has 5 nitrogen and oxygen atoms in total. The zero-order valence-corrected chi connectivity index (χ0v) is 21.1. The number of likely N-dealkylation sites (tertiary alicyclic amines) is 1. The molecule has 1 saturated heterocycles. The highest BCUT2D eigenvalue weighted by Crippen LogP contribution is 2.35. The third-order valence-corrected chi connectivity index (χ3v) is 8.47. The first-order chi connectivity index (χ1) is 16.7. The predicted octanol–water partition coefficient (Wildman–Crippen LogP) is 5.51. The van der Waals surface area contributed by atoms with Crippen molar-refractivity contribution < 1.29 is 4.74 Å². The highest BCUT2D eigenvalue weighted by Gasteiger charge is 2.26. The van der Waals surface area contributed by atoms with Crippen molar-refractivity contribution >= 4 is 17.0 Å². The molecule has 0 bridgehead atoms. The molecule has 1 aromatic carbocycles. The van der Waals surface area contributed by atoms with Crippen molar-refractivity contribution in [3.63, 3.8) is 0 Å². The number of piperidine rings is 1. The largest absolute Gasteiger partial charge is 0.493 e. The molecule has 2 aromatic rings. The summed E-state index contributed by atoms with van der Waals surface area (Å²) < 4.78 is 6.22. The van der Waals surface area contributed by atoms with E-state index in [1.807, 2.05) is 6.07 Å². The van der Waals surface area contributed by atoms with Crippen molar-refractivity contribution in [1.82, 2.24) is 10.2 Å². The lowest BCUT2D eigenvalue weighted by Gasteiger charge is -2.31. The number of fused-ring (bicyclic) bond motifs is 1. The van der Waals surface area contributed by atoms with Crippen molar-refractivity contribution in [2.45, 2.75) is 65.1 Å². The predicted molar refractivity (Wildman–Crippen MR) is 139 cm³/mol. The average molecular weight is 477 g/mol. The molecular formula is C28H36N4OS. The van der Waals surface area contributed by atoms with Gasteiger partial charge in [-0.2, -0.15) is 5.26 Å². The first kappa shape index (κ1) is 23.5. The number of hydrogen-bond donors (Lipinski definition) is 1. The summed E-state index contributed by atoms with van der Waals surface area (Å²) in [6.45, 7) is 8.94.